The first kappa shape index (κ1) is 14.3. The molecule has 108 valence electrons. The Kier molecular flexibility index (Phi) is 4.65. The molecule has 4 N–H and O–H groups in total. The van der Waals surface area contributed by atoms with Crippen molar-refractivity contribution < 1.29 is 14.7 Å². The lowest BCUT2D eigenvalue weighted by atomic mass is 10.2. The molecule has 2 rings (SSSR count). The summed E-state index contributed by atoms with van der Waals surface area (Å²) < 4.78 is 5.30. The van der Waals surface area contributed by atoms with Gasteiger partial charge < -0.3 is 21.0 Å². The molecule has 0 spiro atoms. The number of nitrogens with one attached hydrogen (secondary N) is 1. The van der Waals surface area contributed by atoms with E-state index in [9.17, 15) is 4.79 Å². The molecule has 8 nitrogen and oxygen atoms in total. The molecule has 1 aromatic carbocycles. The molecule has 0 aliphatic carbocycles. The van der Waals surface area contributed by atoms with Gasteiger partial charge in [-0.25, -0.2) is 0 Å². The topological polar surface area (TPSA) is 123 Å². The molecular formula is C13H13N5O3. The van der Waals surface area contributed by atoms with E-state index >= 15 is 0 Å². The summed E-state index contributed by atoms with van der Waals surface area (Å²) in [6.07, 6.45) is 2.81. The number of amides is 1. The van der Waals surface area contributed by atoms with Crippen molar-refractivity contribution in [2.75, 3.05) is 11.9 Å². The fourth-order valence-corrected chi connectivity index (χ4v) is 1.48. The number of aromatic nitrogens is 2. The van der Waals surface area contributed by atoms with Crippen molar-refractivity contribution in [1.29, 1.82) is 0 Å². The van der Waals surface area contributed by atoms with E-state index in [4.69, 9.17) is 15.7 Å². The highest BCUT2D eigenvalue weighted by Crippen LogP contribution is 2.17. The summed E-state index contributed by atoms with van der Waals surface area (Å²) >= 11 is 0. The fraction of sp³-hybridized carbons (Fsp3) is 0.0769. The van der Waals surface area contributed by atoms with Crippen molar-refractivity contribution >= 4 is 17.4 Å². The minimum Gasteiger partial charge on any atom is -0.485 e. The van der Waals surface area contributed by atoms with Gasteiger partial charge >= 0.3 is 0 Å². The van der Waals surface area contributed by atoms with Gasteiger partial charge in [-0.15, -0.1) is 0 Å². The van der Waals surface area contributed by atoms with Crippen molar-refractivity contribution in [3.05, 3.63) is 48.3 Å². The van der Waals surface area contributed by atoms with Crippen LogP contribution in [0.4, 0.5) is 5.69 Å². The number of rotatable bonds is 5. The van der Waals surface area contributed by atoms with Crippen LogP contribution < -0.4 is 15.8 Å². The van der Waals surface area contributed by atoms with Crippen molar-refractivity contribution in [2.24, 2.45) is 10.9 Å². The molecule has 0 aliphatic rings. The van der Waals surface area contributed by atoms with Gasteiger partial charge in [-0.3, -0.25) is 4.79 Å². The third kappa shape index (κ3) is 4.16. The van der Waals surface area contributed by atoms with Gasteiger partial charge in [0.15, 0.2) is 5.84 Å². The Labute approximate surface area is 120 Å². The van der Waals surface area contributed by atoms with Crippen LogP contribution in [0.25, 0.3) is 0 Å². The van der Waals surface area contributed by atoms with E-state index in [1.54, 1.807) is 30.3 Å². The molecule has 1 heterocycles. The highest BCUT2D eigenvalue weighted by molar-refractivity contribution is 6.04. The second kappa shape index (κ2) is 6.85. The Morgan fingerprint density at radius 3 is 2.95 bits per heavy atom. The van der Waals surface area contributed by atoms with Crippen LogP contribution in [0.2, 0.25) is 0 Å². The van der Waals surface area contributed by atoms with Gasteiger partial charge in [0.1, 0.15) is 12.4 Å². The number of hydrogen-bond donors (Lipinski definition) is 3. The van der Waals surface area contributed by atoms with Crippen LogP contribution >= 0.6 is 0 Å². The smallest absolute Gasteiger partial charge is 0.257 e. The molecule has 0 fully saturated rings. The number of hydrogen-bond acceptors (Lipinski definition) is 6. The number of amidine groups is 1. The molecular weight excluding hydrogens is 274 g/mol. The van der Waals surface area contributed by atoms with E-state index in [-0.39, 0.29) is 18.3 Å². The summed E-state index contributed by atoms with van der Waals surface area (Å²) in [4.78, 5) is 11.9. The number of carbonyl (C=O) groups excluding carboxylic acids is 1. The largest absolute Gasteiger partial charge is 0.485 e. The van der Waals surface area contributed by atoms with Gasteiger partial charge in [0.05, 0.1) is 18.0 Å². The molecule has 2 aromatic rings. The lowest BCUT2D eigenvalue weighted by molar-refractivity contribution is 0.102. The first-order valence-corrected chi connectivity index (χ1v) is 5.96. The minimum atomic E-state index is -0.307. The maximum absolute atomic E-state index is 11.9. The SMILES string of the molecule is N/C(COc1cccc(NC(=O)c2ccnnc2)c1)=N/O. The first-order chi connectivity index (χ1) is 10.2. The number of anilines is 1. The van der Waals surface area contributed by atoms with Gasteiger partial charge in [-0.2, -0.15) is 10.2 Å². The van der Waals surface area contributed by atoms with E-state index in [0.717, 1.165) is 0 Å². The summed E-state index contributed by atoms with van der Waals surface area (Å²) in [5.74, 6) is 0.123. The number of oxime groups is 1. The van der Waals surface area contributed by atoms with Crippen LogP contribution in [0.3, 0.4) is 0 Å². The highest BCUT2D eigenvalue weighted by atomic mass is 16.5. The van der Waals surface area contributed by atoms with Crippen LogP contribution in [-0.2, 0) is 0 Å². The lowest BCUT2D eigenvalue weighted by Gasteiger charge is -2.08. The summed E-state index contributed by atoms with van der Waals surface area (Å²) in [5.41, 5.74) is 6.25. The minimum absolute atomic E-state index is 0.0488. The van der Waals surface area contributed by atoms with E-state index in [1.165, 1.54) is 12.4 Å². The molecule has 0 atom stereocenters. The summed E-state index contributed by atoms with van der Waals surface area (Å²) in [6.45, 7) is -0.0534. The van der Waals surface area contributed by atoms with E-state index < -0.39 is 0 Å². The van der Waals surface area contributed by atoms with E-state index in [2.05, 4.69) is 20.7 Å². The molecule has 8 heteroatoms. The van der Waals surface area contributed by atoms with Crippen LogP contribution in [0.1, 0.15) is 10.4 Å². The van der Waals surface area contributed by atoms with Gasteiger partial charge in [-0.1, -0.05) is 11.2 Å². The molecule has 0 unspecified atom stereocenters. The van der Waals surface area contributed by atoms with Crippen molar-refractivity contribution in [1.82, 2.24) is 10.2 Å². The predicted octanol–water partition coefficient (Wildman–Crippen LogP) is 0.854. The van der Waals surface area contributed by atoms with Crippen LogP contribution in [0.15, 0.2) is 47.9 Å². The first-order valence-electron chi connectivity index (χ1n) is 5.96. The maximum atomic E-state index is 11.9. The number of nitrogens with two attached hydrogens (primary N) is 1. The normalized spacial score (nSPS) is 11.0. The number of benzene rings is 1. The number of ether oxygens (including phenoxy) is 1. The fourth-order valence-electron chi connectivity index (χ4n) is 1.48. The molecule has 0 saturated heterocycles. The van der Waals surface area contributed by atoms with Crippen LogP contribution in [0, 0.1) is 0 Å². The zero-order chi connectivity index (χ0) is 15.1. The zero-order valence-corrected chi connectivity index (χ0v) is 10.9. The van der Waals surface area contributed by atoms with Gasteiger partial charge in [0, 0.05) is 11.8 Å². The van der Waals surface area contributed by atoms with Crippen molar-refractivity contribution in [3.63, 3.8) is 0 Å². The van der Waals surface area contributed by atoms with Gasteiger partial charge in [0.25, 0.3) is 5.91 Å². The summed E-state index contributed by atoms with van der Waals surface area (Å²) in [6, 6.07) is 8.29. The zero-order valence-electron chi connectivity index (χ0n) is 10.9. The standard InChI is InChI=1S/C13H13N5O3/c14-12(18-20)8-21-11-3-1-2-10(6-11)17-13(19)9-4-5-15-16-7-9/h1-7,20H,8H2,(H2,14,18)(H,17,19). The summed E-state index contributed by atoms with van der Waals surface area (Å²) in [7, 11) is 0. The lowest BCUT2D eigenvalue weighted by Crippen LogP contribution is -2.20. The second-order valence-corrected chi connectivity index (χ2v) is 3.99. The Hall–Kier alpha value is -3.16. The predicted molar refractivity (Wildman–Crippen MR) is 75.3 cm³/mol. The van der Waals surface area contributed by atoms with Crippen LogP contribution in [0.5, 0.6) is 5.75 Å². The number of carbonyl (C=O) groups is 1. The highest BCUT2D eigenvalue weighted by Gasteiger charge is 2.06. The molecule has 0 aliphatic heterocycles. The number of nitrogens with zero attached hydrogens (tertiary/aromatic N) is 3. The molecule has 1 amide bonds. The molecule has 21 heavy (non-hydrogen) atoms. The van der Waals surface area contributed by atoms with Gasteiger partial charge in [0.2, 0.25) is 0 Å². The average Bonchev–Trinajstić information content (AvgIpc) is 2.53. The quantitative estimate of drug-likeness (QED) is 0.324. The van der Waals surface area contributed by atoms with Crippen molar-refractivity contribution in [3.8, 4) is 5.75 Å². The van der Waals surface area contributed by atoms with E-state index in [1.807, 2.05) is 0 Å². The Morgan fingerprint density at radius 2 is 2.24 bits per heavy atom. The van der Waals surface area contributed by atoms with Crippen LogP contribution in [-0.4, -0.2) is 33.8 Å². The third-order valence-electron chi connectivity index (χ3n) is 2.45. The Balaban J connectivity index is 2.02. The summed E-state index contributed by atoms with van der Waals surface area (Å²) in [5, 5.41) is 21.2. The second-order valence-electron chi connectivity index (χ2n) is 3.99. The molecule has 1 aromatic heterocycles. The Bertz CT molecular complexity index is 645. The Morgan fingerprint density at radius 1 is 1.38 bits per heavy atom. The van der Waals surface area contributed by atoms with Crippen molar-refractivity contribution in [2.45, 2.75) is 0 Å². The third-order valence-corrected chi connectivity index (χ3v) is 2.45. The van der Waals surface area contributed by atoms with E-state index in [0.29, 0.717) is 17.0 Å². The molecule has 0 bridgehead atoms. The maximum Gasteiger partial charge on any atom is 0.257 e. The monoisotopic (exact) mass is 287 g/mol. The molecule has 0 saturated carbocycles. The average molecular weight is 287 g/mol. The van der Waals surface area contributed by atoms with Gasteiger partial charge in [-0.05, 0) is 18.2 Å². The molecule has 0 radical (unpaired) electrons.